The number of nitro benzene ring substituents is 1. The predicted octanol–water partition coefficient (Wildman–Crippen LogP) is 4.01. The lowest BCUT2D eigenvalue weighted by Gasteiger charge is -2.15. The molecule has 1 N–H and O–H groups in total. The van der Waals surface area contributed by atoms with Crippen molar-refractivity contribution in [1.29, 1.82) is 0 Å². The average Bonchev–Trinajstić information content (AvgIpc) is 2.88. The Kier molecular flexibility index (Phi) is 4.90. The standard InChI is InChI=1S/C19H15N5O3S/c1-28-19-21-18-17(22-23-19)13-7-3-4-8-14(13)20-16(27-18)11-10-12-6-2-5-9-15(12)24(25)26/h2-11,16,20H,1H3/b11-10+/t16-/m0/s1. The van der Waals surface area contributed by atoms with Crippen molar-refractivity contribution in [1.82, 2.24) is 15.2 Å². The fraction of sp³-hybridized carbons (Fsp3) is 0.105. The van der Waals surface area contributed by atoms with E-state index >= 15 is 0 Å². The van der Waals surface area contributed by atoms with Gasteiger partial charge in [-0.15, -0.1) is 10.2 Å². The van der Waals surface area contributed by atoms with E-state index in [-0.39, 0.29) is 5.69 Å². The molecule has 3 aromatic rings. The van der Waals surface area contributed by atoms with Crippen LogP contribution in [0, 0.1) is 10.1 Å². The minimum atomic E-state index is -0.589. The fourth-order valence-electron chi connectivity index (χ4n) is 2.83. The van der Waals surface area contributed by atoms with Crippen LogP contribution in [0.3, 0.4) is 0 Å². The number of nitro groups is 1. The lowest BCUT2D eigenvalue weighted by atomic mass is 10.1. The van der Waals surface area contributed by atoms with Gasteiger partial charge in [-0.2, -0.15) is 4.98 Å². The van der Waals surface area contributed by atoms with Crippen molar-refractivity contribution in [2.45, 2.75) is 11.4 Å². The Hall–Kier alpha value is -3.46. The van der Waals surface area contributed by atoms with Crippen molar-refractivity contribution < 1.29 is 9.66 Å². The molecule has 2 aromatic carbocycles. The molecule has 9 heteroatoms. The molecule has 0 radical (unpaired) electrons. The maximum Gasteiger partial charge on any atom is 0.276 e. The van der Waals surface area contributed by atoms with Gasteiger partial charge in [0, 0.05) is 17.3 Å². The number of ether oxygens (including phenoxy) is 1. The largest absolute Gasteiger partial charge is 0.448 e. The van der Waals surface area contributed by atoms with Crippen molar-refractivity contribution in [2.75, 3.05) is 11.6 Å². The Morgan fingerprint density at radius 1 is 1.18 bits per heavy atom. The van der Waals surface area contributed by atoms with E-state index < -0.39 is 11.2 Å². The number of para-hydroxylation sites is 2. The van der Waals surface area contributed by atoms with Gasteiger partial charge in [-0.25, -0.2) is 0 Å². The molecule has 1 atom stereocenters. The van der Waals surface area contributed by atoms with Gasteiger partial charge in [0.1, 0.15) is 0 Å². The van der Waals surface area contributed by atoms with Gasteiger partial charge in [0.05, 0.1) is 10.5 Å². The molecule has 2 heterocycles. The van der Waals surface area contributed by atoms with Crippen molar-refractivity contribution in [3.63, 3.8) is 0 Å². The highest BCUT2D eigenvalue weighted by Gasteiger charge is 2.23. The first-order valence-electron chi connectivity index (χ1n) is 8.38. The molecule has 1 aliphatic rings. The summed E-state index contributed by atoms with van der Waals surface area (Å²) in [4.78, 5) is 15.2. The minimum Gasteiger partial charge on any atom is -0.448 e. The van der Waals surface area contributed by atoms with Crippen LogP contribution in [-0.2, 0) is 0 Å². The third-order valence-electron chi connectivity index (χ3n) is 4.12. The summed E-state index contributed by atoms with van der Waals surface area (Å²) in [6, 6.07) is 14.2. The average molecular weight is 393 g/mol. The van der Waals surface area contributed by atoms with E-state index in [9.17, 15) is 10.1 Å². The van der Waals surface area contributed by atoms with Crippen LogP contribution in [0.25, 0.3) is 17.3 Å². The van der Waals surface area contributed by atoms with E-state index in [2.05, 4.69) is 20.5 Å². The summed E-state index contributed by atoms with van der Waals surface area (Å²) in [6.45, 7) is 0. The Bertz CT molecular complexity index is 1070. The van der Waals surface area contributed by atoms with Crippen LogP contribution in [0.15, 0.2) is 59.8 Å². The van der Waals surface area contributed by atoms with E-state index in [1.54, 1.807) is 30.4 Å². The lowest BCUT2D eigenvalue weighted by Crippen LogP contribution is -2.23. The predicted molar refractivity (Wildman–Crippen MR) is 107 cm³/mol. The van der Waals surface area contributed by atoms with Gasteiger partial charge >= 0.3 is 0 Å². The minimum absolute atomic E-state index is 0.0295. The van der Waals surface area contributed by atoms with Crippen molar-refractivity contribution in [3.05, 3.63) is 70.3 Å². The Morgan fingerprint density at radius 2 is 1.96 bits per heavy atom. The monoisotopic (exact) mass is 393 g/mol. The maximum absolute atomic E-state index is 11.2. The van der Waals surface area contributed by atoms with Gasteiger partial charge in [-0.3, -0.25) is 10.1 Å². The first-order valence-corrected chi connectivity index (χ1v) is 9.61. The van der Waals surface area contributed by atoms with Gasteiger partial charge < -0.3 is 10.1 Å². The molecule has 1 aliphatic heterocycles. The molecule has 0 bridgehead atoms. The number of anilines is 1. The van der Waals surface area contributed by atoms with Crippen LogP contribution in [-0.4, -0.2) is 32.6 Å². The highest BCUT2D eigenvalue weighted by molar-refractivity contribution is 7.98. The summed E-state index contributed by atoms with van der Waals surface area (Å²) in [6.07, 6.45) is 4.65. The zero-order chi connectivity index (χ0) is 19.5. The van der Waals surface area contributed by atoms with E-state index in [1.165, 1.54) is 17.8 Å². The first-order chi connectivity index (χ1) is 13.7. The molecule has 28 heavy (non-hydrogen) atoms. The smallest absolute Gasteiger partial charge is 0.276 e. The topological polar surface area (TPSA) is 103 Å². The number of hydrogen-bond donors (Lipinski definition) is 1. The second-order valence-electron chi connectivity index (χ2n) is 5.86. The van der Waals surface area contributed by atoms with Crippen LogP contribution in [0.5, 0.6) is 5.88 Å². The molecule has 0 unspecified atom stereocenters. The number of rotatable bonds is 4. The lowest BCUT2D eigenvalue weighted by molar-refractivity contribution is -0.385. The summed E-state index contributed by atoms with van der Waals surface area (Å²) in [5.41, 5.74) is 2.70. The van der Waals surface area contributed by atoms with Crippen molar-refractivity contribution >= 4 is 29.2 Å². The molecular formula is C19H15N5O3S. The number of fused-ring (bicyclic) bond motifs is 3. The maximum atomic E-state index is 11.2. The van der Waals surface area contributed by atoms with E-state index in [0.717, 1.165) is 11.3 Å². The second-order valence-corrected chi connectivity index (χ2v) is 6.63. The number of thioether (sulfide) groups is 1. The van der Waals surface area contributed by atoms with Crippen molar-refractivity contribution in [2.24, 2.45) is 0 Å². The van der Waals surface area contributed by atoms with Crippen molar-refractivity contribution in [3.8, 4) is 17.1 Å². The molecule has 0 amide bonds. The molecule has 4 rings (SSSR count). The van der Waals surface area contributed by atoms with Gasteiger partial charge in [0.2, 0.25) is 11.0 Å². The van der Waals surface area contributed by atoms with Crippen LogP contribution < -0.4 is 10.1 Å². The van der Waals surface area contributed by atoms with Gasteiger partial charge in [0.25, 0.3) is 5.69 Å². The SMILES string of the molecule is CSc1nnc2c(n1)O[C@@H](/C=C/c1ccccc1[N+](=O)[O-])Nc1ccccc1-2. The van der Waals surface area contributed by atoms with Crippen LogP contribution in [0.2, 0.25) is 0 Å². The van der Waals surface area contributed by atoms with Gasteiger partial charge in [-0.1, -0.05) is 42.1 Å². The number of benzene rings is 2. The normalized spacial score (nSPS) is 15.1. The third-order valence-corrected chi connectivity index (χ3v) is 4.66. The Morgan fingerprint density at radius 3 is 2.79 bits per heavy atom. The second kappa shape index (κ2) is 7.65. The summed E-state index contributed by atoms with van der Waals surface area (Å²) >= 11 is 1.37. The Balaban J connectivity index is 1.73. The highest BCUT2D eigenvalue weighted by atomic mass is 32.2. The zero-order valence-electron chi connectivity index (χ0n) is 14.8. The highest BCUT2D eigenvalue weighted by Crippen LogP contribution is 2.36. The van der Waals surface area contributed by atoms with E-state index in [1.807, 2.05) is 30.5 Å². The van der Waals surface area contributed by atoms with E-state index in [4.69, 9.17) is 4.74 Å². The number of nitrogens with zero attached hydrogens (tertiary/aromatic N) is 4. The van der Waals surface area contributed by atoms with Gasteiger partial charge in [-0.05, 0) is 30.5 Å². The third kappa shape index (κ3) is 3.52. The summed E-state index contributed by atoms with van der Waals surface area (Å²) in [5.74, 6) is 0.356. The molecule has 0 aliphatic carbocycles. The molecule has 0 fully saturated rings. The quantitative estimate of drug-likeness (QED) is 0.403. The number of aromatic nitrogens is 3. The summed E-state index contributed by atoms with van der Waals surface area (Å²) in [5, 5.41) is 23.4. The molecule has 0 saturated carbocycles. The van der Waals surface area contributed by atoms with Gasteiger partial charge in [0.15, 0.2) is 11.9 Å². The molecule has 0 saturated heterocycles. The van der Waals surface area contributed by atoms with Crippen LogP contribution >= 0.6 is 11.8 Å². The molecule has 1 aromatic heterocycles. The number of nitrogens with one attached hydrogen (secondary N) is 1. The fourth-order valence-corrected chi connectivity index (χ4v) is 3.12. The molecule has 0 spiro atoms. The van der Waals surface area contributed by atoms with Crippen LogP contribution in [0.1, 0.15) is 5.56 Å². The van der Waals surface area contributed by atoms with E-state index in [0.29, 0.717) is 22.3 Å². The number of hydrogen-bond acceptors (Lipinski definition) is 8. The Labute approximate surface area is 164 Å². The molecule has 140 valence electrons. The van der Waals surface area contributed by atoms with Crippen LogP contribution in [0.4, 0.5) is 11.4 Å². The zero-order valence-corrected chi connectivity index (χ0v) is 15.6. The molecule has 8 nitrogen and oxygen atoms in total. The molecular weight excluding hydrogens is 378 g/mol. The summed E-state index contributed by atoms with van der Waals surface area (Å²) in [7, 11) is 0. The summed E-state index contributed by atoms with van der Waals surface area (Å²) < 4.78 is 6.01. The first kappa shape index (κ1) is 17.9.